The number of hydrogen-bond acceptors (Lipinski definition) is 7. The molecule has 0 amide bonds. The molecule has 0 unspecified atom stereocenters. The first-order valence-electron chi connectivity index (χ1n) is 11.1. The molecule has 3 aromatic heterocycles. The van der Waals surface area contributed by atoms with Gasteiger partial charge in [0.1, 0.15) is 11.9 Å². The number of rotatable bonds is 5. The van der Waals surface area contributed by atoms with E-state index in [1.165, 1.54) is 35.3 Å². The molecule has 10 nitrogen and oxygen atoms in total. The van der Waals surface area contributed by atoms with Crippen molar-refractivity contribution in [1.82, 2.24) is 28.9 Å². The number of aryl methyl sites for hydroxylation is 2. The van der Waals surface area contributed by atoms with E-state index < -0.39 is 23.0 Å². The maximum atomic E-state index is 15.4. The van der Waals surface area contributed by atoms with Gasteiger partial charge in [0, 0.05) is 19.4 Å². The van der Waals surface area contributed by atoms with Crippen molar-refractivity contribution in [1.29, 1.82) is 5.26 Å². The molecule has 0 fully saturated rings. The van der Waals surface area contributed by atoms with Crippen molar-refractivity contribution in [2.75, 3.05) is 5.32 Å². The molecule has 2 aromatic carbocycles. The lowest BCUT2D eigenvalue weighted by atomic mass is 10.1. The molecule has 0 bridgehead atoms. The highest BCUT2D eigenvalue weighted by molar-refractivity contribution is 6.34. The Morgan fingerprint density at radius 2 is 1.95 bits per heavy atom. The van der Waals surface area contributed by atoms with Gasteiger partial charge in [-0.25, -0.2) is 22.9 Å². The molecule has 0 saturated heterocycles. The molecule has 0 radical (unpaired) electrons. The van der Waals surface area contributed by atoms with Gasteiger partial charge in [-0.1, -0.05) is 17.7 Å². The Kier molecular flexibility index (Phi) is 6.22. The summed E-state index contributed by atoms with van der Waals surface area (Å²) in [7, 11) is 1.62. The van der Waals surface area contributed by atoms with Crippen LogP contribution in [0.4, 0.5) is 20.4 Å². The van der Waals surface area contributed by atoms with Crippen molar-refractivity contribution < 1.29 is 8.78 Å². The Hall–Kier alpha value is -4.89. The standard InChI is InChI=1S/C25H17ClF2N8O2/c1-13-5-16(10-30-9-13)36-24(37)32-23(31-22-18(26)7-20-17(21(22)28)12-34(2)33-20)35(25(36)38)11-14-3-4-19(27)15(6-14)8-29/h3-7,9-10,12H,11H2,1-2H3,(H,31,32,37). The molecule has 3 heterocycles. The monoisotopic (exact) mass is 534 g/mol. The molecule has 13 heteroatoms. The Bertz CT molecular complexity index is 1910. The van der Waals surface area contributed by atoms with Gasteiger partial charge < -0.3 is 5.32 Å². The second kappa shape index (κ2) is 9.53. The third kappa shape index (κ3) is 4.39. The summed E-state index contributed by atoms with van der Waals surface area (Å²) in [5, 5.41) is 16.1. The van der Waals surface area contributed by atoms with Crippen LogP contribution in [0.5, 0.6) is 0 Å². The van der Waals surface area contributed by atoms with E-state index in [4.69, 9.17) is 11.6 Å². The predicted molar refractivity (Wildman–Crippen MR) is 136 cm³/mol. The molecule has 0 saturated carbocycles. The normalized spacial score (nSPS) is 11.1. The van der Waals surface area contributed by atoms with Gasteiger partial charge in [0.15, 0.2) is 5.82 Å². The van der Waals surface area contributed by atoms with E-state index in [0.717, 1.165) is 15.2 Å². The number of benzene rings is 2. The molecular weight excluding hydrogens is 518 g/mol. The van der Waals surface area contributed by atoms with Crippen LogP contribution in [0.15, 0.2) is 58.5 Å². The zero-order valence-corrected chi connectivity index (χ0v) is 20.7. The topological polar surface area (TPSA) is 123 Å². The van der Waals surface area contributed by atoms with Crippen molar-refractivity contribution >= 4 is 34.1 Å². The second-order valence-electron chi connectivity index (χ2n) is 8.48. The Morgan fingerprint density at radius 3 is 2.68 bits per heavy atom. The summed E-state index contributed by atoms with van der Waals surface area (Å²) in [4.78, 5) is 34.7. The molecule has 0 aliphatic heterocycles. The molecule has 0 atom stereocenters. The molecule has 0 aliphatic carbocycles. The summed E-state index contributed by atoms with van der Waals surface area (Å²) in [6.45, 7) is 1.50. The van der Waals surface area contributed by atoms with Gasteiger partial charge in [-0.05, 0) is 42.3 Å². The summed E-state index contributed by atoms with van der Waals surface area (Å²) in [6.07, 6.45) is 4.34. The smallest absolute Gasteiger partial charge is 0.322 e. The van der Waals surface area contributed by atoms with Crippen LogP contribution >= 0.6 is 11.6 Å². The van der Waals surface area contributed by atoms with Crippen LogP contribution in [0.25, 0.3) is 16.6 Å². The summed E-state index contributed by atoms with van der Waals surface area (Å²) in [6, 6.07) is 8.49. The maximum Gasteiger partial charge on any atom is 0.359 e. The SMILES string of the molecule is Cc1cncc(-n2c(=O)nc(Nc3c(Cl)cc4nn(C)cc4c3F)n(Cc3ccc(F)c(C#N)c3)c2=O)c1. The fraction of sp³-hybridized carbons (Fsp3) is 0.120. The third-order valence-electron chi connectivity index (χ3n) is 5.73. The maximum absolute atomic E-state index is 15.4. The van der Waals surface area contributed by atoms with Crippen LogP contribution < -0.4 is 16.7 Å². The average Bonchev–Trinajstić information content (AvgIpc) is 3.25. The van der Waals surface area contributed by atoms with Gasteiger partial charge in [0.05, 0.1) is 45.6 Å². The summed E-state index contributed by atoms with van der Waals surface area (Å²) in [5.74, 6) is -1.81. The number of anilines is 2. The van der Waals surface area contributed by atoms with Crippen LogP contribution in [-0.4, -0.2) is 28.9 Å². The Balaban J connectivity index is 1.72. The van der Waals surface area contributed by atoms with Crippen LogP contribution in [0.3, 0.4) is 0 Å². The largest absolute Gasteiger partial charge is 0.359 e. The number of aromatic nitrogens is 6. The van der Waals surface area contributed by atoms with Gasteiger partial charge in [-0.2, -0.15) is 15.3 Å². The minimum absolute atomic E-state index is 0.0601. The first-order valence-corrected chi connectivity index (χ1v) is 11.5. The highest BCUT2D eigenvalue weighted by atomic mass is 35.5. The number of hydrogen-bond donors (Lipinski definition) is 1. The van der Waals surface area contributed by atoms with Crippen molar-refractivity contribution in [2.45, 2.75) is 13.5 Å². The lowest BCUT2D eigenvalue weighted by Crippen LogP contribution is -2.41. The van der Waals surface area contributed by atoms with Crippen molar-refractivity contribution in [3.63, 3.8) is 0 Å². The summed E-state index contributed by atoms with van der Waals surface area (Å²) < 4.78 is 32.6. The Morgan fingerprint density at radius 1 is 1.16 bits per heavy atom. The number of nitrogens with one attached hydrogen (secondary N) is 1. The van der Waals surface area contributed by atoms with Gasteiger partial charge >= 0.3 is 11.4 Å². The average molecular weight is 535 g/mol. The molecule has 38 heavy (non-hydrogen) atoms. The quantitative estimate of drug-likeness (QED) is 0.365. The van der Waals surface area contributed by atoms with Crippen molar-refractivity contribution in [3.05, 3.63) is 103 Å². The number of nitrogens with zero attached hydrogens (tertiary/aromatic N) is 7. The molecule has 0 aliphatic rings. The molecule has 0 spiro atoms. The lowest BCUT2D eigenvalue weighted by Gasteiger charge is -2.17. The van der Waals surface area contributed by atoms with Crippen LogP contribution in [0.1, 0.15) is 16.7 Å². The molecule has 5 aromatic rings. The van der Waals surface area contributed by atoms with E-state index in [0.29, 0.717) is 16.6 Å². The van der Waals surface area contributed by atoms with Crippen LogP contribution in [0.2, 0.25) is 5.02 Å². The molecule has 190 valence electrons. The minimum Gasteiger partial charge on any atom is -0.322 e. The van der Waals surface area contributed by atoms with E-state index in [1.807, 2.05) is 0 Å². The fourth-order valence-electron chi connectivity index (χ4n) is 3.99. The molecule has 5 rings (SSSR count). The van der Waals surface area contributed by atoms with Gasteiger partial charge in [0.2, 0.25) is 5.95 Å². The Labute approximate surface area is 218 Å². The first-order chi connectivity index (χ1) is 18.2. The van der Waals surface area contributed by atoms with Gasteiger partial charge in [0.25, 0.3) is 0 Å². The predicted octanol–water partition coefficient (Wildman–Crippen LogP) is 3.58. The van der Waals surface area contributed by atoms with E-state index in [-0.39, 0.29) is 39.8 Å². The van der Waals surface area contributed by atoms with E-state index in [1.54, 1.807) is 32.3 Å². The minimum atomic E-state index is -0.947. The second-order valence-corrected chi connectivity index (χ2v) is 8.88. The van der Waals surface area contributed by atoms with E-state index >= 15 is 4.39 Å². The van der Waals surface area contributed by atoms with Gasteiger partial charge in [-0.3, -0.25) is 14.2 Å². The number of nitriles is 1. The fourth-order valence-corrected chi connectivity index (χ4v) is 4.23. The lowest BCUT2D eigenvalue weighted by molar-refractivity contribution is 0.619. The molecule has 1 N–H and O–H groups in total. The highest BCUT2D eigenvalue weighted by Gasteiger charge is 2.21. The third-order valence-corrected chi connectivity index (χ3v) is 6.03. The first kappa shape index (κ1) is 24.8. The number of fused-ring (bicyclic) bond motifs is 1. The van der Waals surface area contributed by atoms with E-state index in [9.17, 15) is 19.2 Å². The van der Waals surface area contributed by atoms with Crippen LogP contribution in [-0.2, 0) is 13.6 Å². The van der Waals surface area contributed by atoms with Crippen molar-refractivity contribution in [2.24, 2.45) is 7.05 Å². The number of halogens is 3. The van der Waals surface area contributed by atoms with Gasteiger partial charge in [-0.15, -0.1) is 0 Å². The van der Waals surface area contributed by atoms with Crippen molar-refractivity contribution in [3.8, 4) is 11.8 Å². The molecular formula is C25H17ClF2N8O2. The van der Waals surface area contributed by atoms with Crippen LogP contribution in [0, 0.1) is 29.9 Å². The zero-order chi connectivity index (χ0) is 27.1. The number of pyridine rings is 1. The highest BCUT2D eigenvalue weighted by Crippen LogP contribution is 2.33. The summed E-state index contributed by atoms with van der Waals surface area (Å²) >= 11 is 6.33. The van der Waals surface area contributed by atoms with E-state index in [2.05, 4.69) is 20.4 Å². The zero-order valence-electron chi connectivity index (χ0n) is 19.9. The summed E-state index contributed by atoms with van der Waals surface area (Å²) in [5.41, 5.74) is -0.702.